The minimum Gasteiger partial charge on any atom is -0.467 e. The van der Waals surface area contributed by atoms with Crippen molar-refractivity contribution < 1.29 is 14.3 Å². The van der Waals surface area contributed by atoms with Gasteiger partial charge in [0.2, 0.25) is 0 Å². The molecule has 0 aromatic heterocycles. The van der Waals surface area contributed by atoms with E-state index in [9.17, 15) is 9.59 Å². The maximum absolute atomic E-state index is 12.2. The minimum absolute atomic E-state index is 0.263. The molecule has 0 heterocycles. The summed E-state index contributed by atoms with van der Waals surface area (Å²) >= 11 is 0. The number of amides is 1. The van der Waals surface area contributed by atoms with Gasteiger partial charge in [-0.1, -0.05) is 48.5 Å². The normalized spacial score (nSPS) is 11.5. The lowest BCUT2D eigenvalue weighted by atomic mass is 10.0. The predicted octanol–water partition coefficient (Wildman–Crippen LogP) is 2.98. The predicted molar refractivity (Wildman–Crippen MR) is 89.1 cm³/mol. The molecule has 23 heavy (non-hydrogen) atoms. The van der Waals surface area contributed by atoms with E-state index in [2.05, 4.69) is 17.4 Å². The van der Waals surface area contributed by atoms with Crippen molar-refractivity contribution >= 4 is 11.9 Å². The van der Waals surface area contributed by atoms with Gasteiger partial charge < -0.3 is 10.1 Å². The van der Waals surface area contributed by atoms with Gasteiger partial charge in [-0.25, -0.2) is 4.79 Å². The number of ether oxygens (including phenoxy) is 1. The lowest BCUT2D eigenvalue weighted by Gasteiger charge is -2.16. The van der Waals surface area contributed by atoms with Crippen LogP contribution in [0.4, 0.5) is 0 Å². The van der Waals surface area contributed by atoms with Crippen LogP contribution in [0, 0.1) is 0 Å². The molecule has 0 fully saturated rings. The number of aryl methyl sites for hydroxylation is 1. The third kappa shape index (κ3) is 5.25. The number of methoxy groups -OCH3 is 1. The standard InChI is InChI=1S/C19H21NO3/c1-23-19(22)17(14-8-11-15-9-4-2-5-10-15)20-18(21)16-12-6-3-7-13-16/h2-7,9-10,12-13,17H,8,11,14H2,1H3,(H,20,21)/t17-/m1/s1. The molecular weight excluding hydrogens is 290 g/mol. The molecule has 4 nitrogen and oxygen atoms in total. The van der Waals surface area contributed by atoms with Crippen molar-refractivity contribution in [3.63, 3.8) is 0 Å². The van der Waals surface area contributed by atoms with E-state index in [-0.39, 0.29) is 5.91 Å². The topological polar surface area (TPSA) is 55.4 Å². The molecule has 0 aliphatic heterocycles. The summed E-state index contributed by atoms with van der Waals surface area (Å²) in [6, 6.07) is 18.3. The van der Waals surface area contributed by atoms with Gasteiger partial charge >= 0.3 is 5.97 Å². The van der Waals surface area contributed by atoms with E-state index in [0.29, 0.717) is 12.0 Å². The second-order valence-electron chi connectivity index (χ2n) is 5.29. The van der Waals surface area contributed by atoms with Gasteiger partial charge in [0.1, 0.15) is 6.04 Å². The van der Waals surface area contributed by atoms with Gasteiger partial charge in [-0.2, -0.15) is 0 Å². The van der Waals surface area contributed by atoms with E-state index in [1.807, 2.05) is 24.3 Å². The molecule has 1 amide bonds. The average molecular weight is 311 g/mol. The van der Waals surface area contributed by atoms with Crippen LogP contribution in [-0.4, -0.2) is 25.0 Å². The van der Waals surface area contributed by atoms with Crippen LogP contribution in [0.15, 0.2) is 60.7 Å². The number of benzene rings is 2. The number of esters is 1. The summed E-state index contributed by atoms with van der Waals surface area (Å²) < 4.78 is 4.80. The molecule has 0 saturated carbocycles. The molecule has 120 valence electrons. The van der Waals surface area contributed by atoms with Gasteiger partial charge in [0.05, 0.1) is 7.11 Å². The Morgan fingerprint density at radius 2 is 1.61 bits per heavy atom. The lowest BCUT2D eigenvalue weighted by molar-refractivity contribution is -0.143. The van der Waals surface area contributed by atoms with Crippen LogP contribution in [0.25, 0.3) is 0 Å². The smallest absolute Gasteiger partial charge is 0.328 e. The highest BCUT2D eigenvalue weighted by atomic mass is 16.5. The zero-order valence-corrected chi connectivity index (χ0v) is 13.2. The Bertz CT molecular complexity index is 626. The molecule has 2 aromatic rings. The molecule has 0 bridgehead atoms. The molecule has 1 N–H and O–H groups in total. The van der Waals surface area contributed by atoms with E-state index in [0.717, 1.165) is 12.8 Å². The van der Waals surface area contributed by atoms with Gasteiger partial charge in [-0.3, -0.25) is 4.79 Å². The molecule has 0 spiro atoms. The van der Waals surface area contributed by atoms with Gasteiger partial charge in [-0.15, -0.1) is 0 Å². The molecule has 2 aromatic carbocycles. The second-order valence-corrected chi connectivity index (χ2v) is 5.29. The van der Waals surface area contributed by atoms with E-state index in [1.54, 1.807) is 24.3 Å². The Morgan fingerprint density at radius 1 is 1.00 bits per heavy atom. The molecule has 0 aliphatic carbocycles. The third-order valence-electron chi connectivity index (χ3n) is 3.63. The number of rotatable bonds is 7. The molecule has 0 saturated heterocycles. The van der Waals surface area contributed by atoms with Gasteiger partial charge in [0.15, 0.2) is 0 Å². The highest BCUT2D eigenvalue weighted by molar-refractivity contribution is 5.96. The van der Waals surface area contributed by atoms with Crippen LogP contribution in [-0.2, 0) is 16.0 Å². The number of hydrogen-bond donors (Lipinski definition) is 1. The van der Waals surface area contributed by atoms with Crippen LogP contribution in [0.5, 0.6) is 0 Å². The van der Waals surface area contributed by atoms with Gasteiger partial charge in [-0.05, 0) is 37.0 Å². The zero-order chi connectivity index (χ0) is 16.5. The highest BCUT2D eigenvalue weighted by Crippen LogP contribution is 2.09. The summed E-state index contributed by atoms with van der Waals surface area (Å²) in [7, 11) is 1.33. The van der Waals surface area contributed by atoms with Crippen LogP contribution in [0.2, 0.25) is 0 Å². The third-order valence-corrected chi connectivity index (χ3v) is 3.63. The SMILES string of the molecule is COC(=O)[C@@H](CCCc1ccccc1)NC(=O)c1ccccc1. The summed E-state index contributed by atoms with van der Waals surface area (Å²) in [5, 5.41) is 2.76. The second kappa shape index (κ2) is 8.73. The zero-order valence-electron chi connectivity index (χ0n) is 13.2. The van der Waals surface area contributed by atoms with Gasteiger partial charge in [0.25, 0.3) is 5.91 Å². The quantitative estimate of drug-likeness (QED) is 0.800. The monoisotopic (exact) mass is 311 g/mol. The van der Waals surface area contributed by atoms with Crippen molar-refractivity contribution in [1.82, 2.24) is 5.32 Å². The van der Waals surface area contributed by atoms with Crippen LogP contribution < -0.4 is 5.32 Å². The van der Waals surface area contributed by atoms with E-state index < -0.39 is 12.0 Å². The Morgan fingerprint density at radius 3 is 2.22 bits per heavy atom. The van der Waals surface area contributed by atoms with Gasteiger partial charge in [0, 0.05) is 5.56 Å². The van der Waals surface area contributed by atoms with Crippen molar-refractivity contribution in [2.45, 2.75) is 25.3 Å². The fourth-order valence-electron chi connectivity index (χ4n) is 2.38. The summed E-state index contributed by atoms with van der Waals surface area (Å²) in [5.41, 5.74) is 1.75. The number of nitrogens with one attached hydrogen (secondary N) is 1. The van der Waals surface area contributed by atoms with E-state index >= 15 is 0 Å². The minimum atomic E-state index is -0.628. The fraction of sp³-hybridized carbons (Fsp3) is 0.263. The fourth-order valence-corrected chi connectivity index (χ4v) is 2.38. The van der Waals surface area contributed by atoms with Crippen molar-refractivity contribution in [3.05, 3.63) is 71.8 Å². The average Bonchev–Trinajstić information content (AvgIpc) is 2.61. The Kier molecular flexibility index (Phi) is 6.36. The molecule has 0 aliphatic rings. The lowest BCUT2D eigenvalue weighted by Crippen LogP contribution is -2.41. The summed E-state index contributed by atoms with van der Waals surface area (Å²) in [6.45, 7) is 0. The Hall–Kier alpha value is -2.62. The maximum atomic E-state index is 12.2. The Labute approximate surface area is 136 Å². The Balaban J connectivity index is 1.92. The first-order valence-corrected chi connectivity index (χ1v) is 7.68. The van der Waals surface area contributed by atoms with Crippen molar-refractivity contribution in [2.75, 3.05) is 7.11 Å². The van der Waals surface area contributed by atoms with E-state index in [1.165, 1.54) is 12.7 Å². The largest absolute Gasteiger partial charge is 0.467 e. The van der Waals surface area contributed by atoms with Crippen molar-refractivity contribution in [2.24, 2.45) is 0 Å². The first kappa shape index (κ1) is 16.7. The van der Waals surface area contributed by atoms with Crippen molar-refractivity contribution in [3.8, 4) is 0 Å². The first-order chi connectivity index (χ1) is 11.2. The number of carbonyl (C=O) groups excluding carboxylic acids is 2. The number of carbonyl (C=O) groups is 2. The molecule has 1 atom stereocenters. The van der Waals surface area contributed by atoms with Crippen LogP contribution in [0.1, 0.15) is 28.8 Å². The summed E-state index contributed by atoms with van der Waals surface area (Å²) in [6.07, 6.45) is 2.19. The maximum Gasteiger partial charge on any atom is 0.328 e. The van der Waals surface area contributed by atoms with E-state index in [4.69, 9.17) is 4.74 Å². The molecule has 0 radical (unpaired) electrons. The number of hydrogen-bond acceptors (Lipinski definition) is 3. The first-order valence-electron chi connectivity index (χ1n) is 7.68. The molecular formula is C19H21NO3. The van der Waals surface area contributed by atoms with Crippen LogP contribution in [0.3, 0.4) is 0 Å². The molecule has 4 heteroatoms. The molecule has 0 unspecified atom stereocenters. The molecule has 2 rings (SSSR count). The summed E-state index contributed by atoms with van der Waals surface area (Å²) in [5.74, 6) is -0.678. The highest BCUT2D eigenvalue weighted by Gasteiger charge is 2.21. The van der Waals surface area contributed by atoms with Crippen LogP contribution >= 0.6 is 0 Å². The summed E-state index contributed by atoms with van der Waals surface area (Å²) in [4.78, 5) is 24.1. The van der Waals surface area contributed by atoms with Crippen molar-refractivity contribution in [1.29, 1.82) is 0 Å².